The first-order chi connectivity index (χ1) is 8.21. The molecule has 18 heavy (non-hydrogen) atoms. The molecule has 0 aliphatic rings. The molecule has 0 aromatic heterocycles. The van der Waals surface area contributed by atoms with Gasteiger partial charge >= 0.3 is 0 Å². The third-order valence-corrected chi connectivity index (χ3v) is 2.30. The average molecular weight is 271 g/mol. The zero-order chi connectivity index (χ0) is 12.7. The molecule has 0 bridgehead atoms. The lowest BCUT2D eigenvalue weighted by Gasteiger charge is -2.09. The predicted molar refractivity (Wildman–Crippen MR) is 75.7 cm³/mol. The van der Waals surface area contributed by atoms with E-state index in [-0.39, 0.29) is 18.2 Å². The number of ether oxygens (including phenoxy) is 2. The quantitative estimate of drug-likeness (QED) is 0.742. The van der Waals surface area contributed by atoms with Gasteiger partial charge in [0.05, 0.1) is 13.7 Å². The molecule has 100 valence electrons. The number of rotatable bonds is 6. The van der Waals surface area contributed by atoms with Crippen LogP contribution in [0.5, 0.6) is 11.5 Å². The monoisotopic (exact) mass is 270 g/mol. The number of benzene rings is 1. The van der Waals surface area contributed by atoms with Crippen molar-refractivity contribution in [3.8, 4) is 11.5 Å². The maximum Gasteiger partial charge on any atom is 0.161 e. The summed E-state index contributed by atoms with van der Waals surface area (Å²) < 4.78 is 10.6. The number of ketones is 1. The van der Waals surface area contributed by atoms with Crippen molar-refractivity contribution in [2.45, 2.75) is 20.3 Å². The van der Waals surface area contributed by atoms with Gasteiger partial charge in [0.15, 0.2) is 17.3 Å². The lowest BCUT2D eigenvalue weighted by atomic mass is 10.1. The summed E-state index contributed by atoms with van der Waals surface area (Å²) >= 11 is 0. The van der Waals surface area contributed by atoms with E-state index in [2.05, 4.69) is 0 Å². The Balaban J connectivity index is 0.00000289. The molecule has 0 radical (unpaired) electrons. The molecular weight excluding hydrogens is 252 g/mol. The van der Waals surface area contributed by atoms with Crippen molar-refractivity contribution in [3.63, 3.8) is 0 Å². The molecule has 1 aromatic rings. The Morgan fingerprint density at radius 2 is 2.00 bits per heavy atom. The Hall–Kier alpha value is -1.48. The second-order valence-corrected chi connectivity index (χ2v) is 3.50. The Morgan fingerprint density at radius 1 is 1.28 bits per heavy atom. The van der Waals surface area contributed by atoms with Crippen molar-refractivity contribution < 1.29 is 14.3 Å². The fourth-order valence-corrected chi connectivity index (χ4v) is 1.37. The Labute approximate surface area is 114 Å². The maximum absolute atomic E-state index is 11.2. The van der Waals surface area contributed by atoms with Gasteiger partial charge in [0, 0.05) is 6.42 Å². The van der Waals surface area contributed by atoms with E-state index in [0.29, 0.717) is 24.5 Å². The number of carbonyl (C=O) groups excluding carboxylic acids is 1. The average Bonchev–Trinajstić information content (AvgIpc) is 2.36. The van der Waals surface area contributed by atoms with Gasteiger partial charge in [0.25, 0.3) is 0 Å². The number of allylic oxidation sites excluding steroid dienone is 1. The van der Waals surface area contributed by atoms with Gasteiger partial charge in [-0.2, -0.15) is 0 Å². The summed E-state index contributed by atoms with van der Waals surface area (Å²) in [5, 5.41) is 0. The molecule has 0 N–H and O–H groups in total. The van der Waals surface area contributed by atoms with Crippen LogP contribution in [0.4, 0.5) is 0 Å². The largest absolute Gasteiger partial charge is 0.493 e. The van der Waals surface area contributed by atoms with Crippen LogP contribution < -0.4 is 9.47 Å². The molecule has 0 saturated heterocycles. The molecule has 3 nitrogen and oxygen atoms in total. The predicted octanol–water partition coefficient (Wildman–Crippen LogP) is 3.51. The molecule has 1 aromatic carbocycles. The number of hydrogen-bond acceptors (Lipinski definition) is 3. The van der Waals surface area contributed by atoms with Crippen molar-refractivity contribution in [2.75, 3.05) is 13.7 Å². The highest BCUT2D eigenvalue weighted by atomic mass is 35.5. The molecular formula is C14H19ClO3. The number of methoxy groups -OCH3 is 1. The van der Waals surface area contributed by atoms with E-state index in [1.165, 1.54) is 0 Å². The minimum absolute atomic E-state index is 0. The van der Waals surface area contributed by atoms with Crippen molar-refractivity contribution in [2.24, 2.45) is 0 Å². The summed E-state index contributed by atoms with van der Waals surface area (Å²) in [4.78, 5) is 11.2. The third-order valence-electron chi connectivity index (χ3n) is 2.30. The molecule has 0 saturated carbocycles. The van der Waals surface area contributed by atoms with Gasteiger partial charge in [-0.3, -0.25) is 4.79 Å². The van der Waals surface area contributed by atoms with Gasteiger partial charge in [0.2, 0.25) is 0 Å². The molecule has 4 heteroatoms. The minimum Gasteiger partial charge on any atom is -0.493 e. The second-order valence-electron chi connectivity index (χ2n) is 3.50. The van der Waals surface area contributed by atoms with E-state index < -0.39 is 0 Å². The third kappa shape index (κ3) is 4.80. The first kappa shape index (κ1) is 16.5. The first-order valence-corrected chi connectivity index (χ1v) is 5.73. The summed E-state index contributed by atoms with van der Waals surface area (Å²) in [7, 11) is 1.61. The summed E-state index contributed by atoms with van der Waals surface area (Å²) in [6.45, 7) is 4.34. The van der Waals surface area contributed by atoms with Gasteiger partial charge in [-0.25, -0.2) is 0 Å². The van der Waals surface area contributed by atoms with Gasteiger partial charge in [-0.1, -0.05) is 19.1 Å². The van der Waals surface area contributed by atoms with Gasteiger partial charge < -0.3 is 9.47 Å². The summed E-state index contributed by atoms with van der Waals surface area (Å²) in [5.41, 5.74) is 0.927. The Morgan fingerprint density at radius 3 is 2.56 bits per heavy atom. The van der Waals surface area contributed by atoms with Crippen LogP contribution in [0.3, 0.4) is 0 Å². The van der Waals surface area contributed by atoms with E-state index in [4.69, 9.17) is 9.47 Å². The first-order valence-electron chi connectivity index (χ1n) is 5.73. The molecule has 0 aliphatic heterocycles. The van der Waals surface area contributed by atoms with Gasteiger partial charge in [-0.15, -0.1) is 12.4 Å². The fourth-order valence-electron chi connectivity index (χ4n) is 1.37. The van der Waals surface area contributed by atoms with E-state index >= 15 is 0 Å². The van der Waals surface area contributed by atoms with E-state index in [1.54, 1.807) is 19.3 Å². The summed E-state index contributed by atoms with van der Waals surface area (Å²) in [6.07, 6.45) is 3.89. The molecule has 0 atom stereocenters. The van der Waals surface area contributed by atoms with Crippen molar-refractivity contribution in [1.82, 2.24) is 0 Å². The van der Waals surface area contributed by atoms with Crippen LogP contribution in [-0.4, -0.2) is 19.5 Å². The minimum atomic E-state index is 0. The van der Waals surface area contributed by atoms with Crippen LogP contribution in [0.2, 0.25) is 0 Å². The second kappa shape index (κ2) is 8.59. The fraction of sp³-hybridized carbons (Fsp3) is 0.357. The Bertz CT molecular complexity index is 414. The lowest BCUT2D eigenvalue weighted by Crippen LogP contribution is -1.95. The number of hydrogen-bond donors (Lipinski definition) is 0. The molecule has 0 amide bonds. The van der Waals surface area contributed by atoms with Crippen LogP contribution in [0.15, 0.2) is 24.3 Å². The number of halogens is 1. The topological polar surface area (TPSA) is 35.5 Å². The lowest BCUT2D eigenvalue weighted by molar-refractivity contribution is -0.114. The van der Waals surface area contributed by atoms with Gasteiger partial charge in [-0.05, 0) is 30.7 Å². The van der Waals surface area contributed by atoms with Crippen LogP contribution in [-0.2, 0) is 4.79 Å². The maximum atomic E-state index is 11.2. The van der Waals surface area contributed by atoms with Crippen molar-refractivity contribution in [3.05, 3.63) is 29.8 Å². The van der Waals surface area contributed by atoms with Crippen LogP contribution >= 0.6 is 12.4 Å². The summed E-state index contributed by atoms with van der Waals surface area (Å²) in [5.74, 6) is 1.51. The highest BCUT2D eigenvalue weighted by Gasteiger charge is 2.03. The summed E-state index contributed by atoms with van der Waals surface area (Å²) in [6, 6.07) is 5.59. The molecule has 1 rings (SSSR count). The van der Waals surface area contributed by atoms with Crippen LogP contribution in [0, 0.1) is 0 Å². The normalized spacial score (nSPS) is 9.94. The molecule has 0 fully saturated rings. The van der Waals surface area contributed by atoms with E-state index in [0.717, 1.165) is 5.56 Å². The van der Waals surface area contributed by atoms with Crippen molar-refractivity contribution >= 4 is 24.3 Å². The molecule has 0 unspecified atom stereocenters. The standard InChI is InChI=1S/C14H18O3.ClH/c1-4-12(15)8-6-11-7-9-13(16-3)14(10-11)17-5-2;/h6-10H,4-5H2,1-3H3;1H. The molecule has 0 aliphatic carbocycles. The Kier molecular flexibility index (Phi) is 7.88. The highest BCUT2D eigenvalue weighted by Crippen LogP contribution is 2.28. The smallest absolute Gasteiger partial charge is 0.161 e. The van der Waals surface area contributed by atoms with Crippen molar-refractivity contribution in [1.29, 1.82) is 0 Å². The van der Waals surface area contributed by atoms with Crippen LogP contribution in [0.1, 0.15) is 25.8 Å². The van der Waals surface area contributed by atoms with Gasteiger partial charge in [0.1, 0.15) is 0 Å². The van der Waals surface area contributed by atoms with Crippen LogP contribution in [0.25, 0.3) is 6.08 Å². The highest BCUT2D eigenvalue weighted by molar-refractivity contribution is 5.93. The SMILES string of the molecule is CCOc1cc(C=CC(=O)CC)ccc1OC.Cl. The van der Waals surface area contributed by atoms with E-state index in [1.807, 2.05) is 32.0 Å². The zero-order valence-corrected chi connectivity index (χ0v) is 11.8. The van der Waals surface area contributed by atoms with E-state index in [9.17, 15) is 4.79 Å². The number of carbonyl (C=O) groups is 1. The molecule has 0 heterocycles. The molecule has 0 spiro atoms. The zero-order valence-electron chi connectivity index (χ0n) is 10.9.